The topological polar surface area (TPSA) is 92.7 Å². The fourth-order valence-corrected chi connectivity index (χ4v) is 3.14. The number of fused-ring (bicyclic) bond motifs is 1. The van der Waals surface area contributed by atoms with E-state index in [-0.39, 0.29) is 5.91 Å². The molecule has 0 saturated carbocycles. The largest absolute Gasteiger partial charge is 0.353 e. The van der Waals surface area contributed by atoms with Crippen LogP contribution in [0.5, 0.6) is 0 Å². The summed E-state index contributed by atoms with van der Waals surface area (Å²) in [7, 11) is 0. The van der Waals surface area contributed by atoms with E-state index in [2.05, 4.69) is 33.8 Å². The number of nitrogens with zero attached hydrogens (tertiary/aromatic N) is 6. The lowest BCUT2D eigenvalue weighted by Gasteiger charge is -2.37. The van der Waals surface area contributed by atoms with Gasteiger partial charge in [0.2, 0.25) is 5.91 Å². The lowest BCUT2D eigenvalue weighted by Crippen LogP contribution is -2.53. The van der Waals surface area contributed by atoms with Crippen molar-refractivity contribution in [3.05, 3.63) is 18.1 Å². The van der Waals surface area contributed by atoms with Crippen molar-refractivity contribution in [3.63, 3.8) is 0 Å². The average Bonchev–Trinajstić information content (AvgIpc) is 3.01. The van der Waals surface area contributed by atoms with Gasteiger partial charge in [0.1, 0.15) is 12.1 Å². The molecule has 2 aromatic rings. The van der Waals surface area contributed by atoms with Crippen LogP contribution in [0.1, 0.15) is 26.0 Å². The molecule has 2 N–H and O–H groups in total. The second-order valence-electron chi connectivity index (χ2n) is 6.78. The van der Waals surface area contributed by atoms with E-state index in [9.17, 15) is 4.79 Å². The highest BCUT2D eigenvalue weighted by Crippen LogP contribution is 2.18. The van der Waals surface area contributed by atoms with Crippen molar-refractivity contribution in [3.8, 4) is 0 Å². The third-order valence-electron chi connectivity index (χ3n) is 4.32. The molecule has 1 aliphatic heterocycles. The van der Waals surface area contributed by atoms with Crippen LogP contribution in [-0.4, -0.2) is 62.6 Å². The van der Waals surface area contributed by atoms with Gasteiger partial charge < -0.3 is 15.5 Å². The third-order valence-corrected chi connectivity index (χ3v) is 4.32. The summed E-state index contributed by atoms with van der Waals surface area (Å²) in [5, 5.41) is 4.25. The minimum Gasteiger partial charge on any atom is -0.353 e. The molecule has 0 bridgehead atoms. The number of aromatic nitrogens is 4. The first-order valence-electron chi connectivity index (χ1n) is 8.42. The van der Waals surface area contributed by atoms with Gasteiger partial charge in [0.25, 0.3) is 5.78 Å². The van der Waals surface area contributed by atoms with Crippen LogP contribution in [0.2, 0.25) is 0 Å². The van der Waals surface area contributed by atoms with E-state index < -0.39 is 6.04 Å². The van der Waals surface area contributed by atoms with E-state index >= 15 is 0 Å². The quantitative estimate of drug-likeness (QED) is 0.875. The van der Waals surface area contributed by atoms with E-state index in [1.165, 1.54) is 6.33 Å². The second kappa shape index (κ2) is 6.72. The van der Waals surface area contributed by atoms with Gasteiger partial charge in [0, 0.05) is 37.9 Å². The lowest BCUT2D eigenvalue weighted by atomic mass is 10.0. The zero-order chi connectivity index (χ0) is 17.3. The zero-order valence-corrected chi connectivity index (χ0v) is 14.5. The Labute approximate surface area is 141 Å². The Morgan fingerprint density at radius 1 is 1.29 bits per heavy atom. The van der Waals surface area contributed by atoms with Gasteiger partial charge in [-0.15, -0.1) is 0 Å². The summed E-state index contributed by atoms with van der Waals surface area (Å²) in [5.74, 6) is 2.04. The summed E-state index contributed by atoms with van der Waals surface area (Å²) < 4.78 is 1.75. The molecule has 0 unspecified atom stereocenters. The molecule has 130 valence electrons. The Morgan fingerprint density at radius 3 is 2.67 bits per heavy atom. The van der Waals surface area contributed by atoms with E-state index in [4.69, 9.17) is 5.73 Å². The molecule has 3 heterocycles. The number of hydrogen-bond donors (Lipinski definition) is 1. The maximum absolute atomic E-state index is 12.4. The SMILES string of the molecule is Cc1cc(N2CCN(C(=O)[C@@H](N)CC(C)C)CC2)n2ncnc2n1. The summed E-state index contributed by atoms with van der Waals surface area (Å²) in [6.45, 7) is 8.95. The molecule has 2 aromatic heterocycles. The first-order chi connectivity index (χ1) is 11.5. The van der Waals surface area contributed by atoms with Gasteiger partial charge >= 0.3 is 0 Å². The summed E-state index contributed by atoms with van der Waals surface area (Å²) in [5.41, 5.74) is 6.95. The van der Waals surface area contributed by atoms with Crippen molar-refractivity contribution in [2.45, 2.75) is 33.2 Å². The molecule has 0 radical (unpaired) electrons. The number of amides is 1. The Kier molecular flexibility index (Phi) is 4.66. The Bertz CT molecular complexity index is 718. The zero-order valence-electron chi connectivity index (χ0n) is 14.5. The Balaban J connectivity index is 1.68. The molecule has 0 aliphatic carbocycles. The molecular weight excluding hydrogens is 306 g/mol. The van der Waals surface area contributed by atoms with Crippen LogP contribution in [0.4, 0.5) is 5.82 Å². The van der Waals surface area contributed by atoms with E-state index in [0.29, 0.717) is 24.8 Å². The van der Waals surface area contributed by atoms with E-state index in [0.717, 1.165) is 31.0 Å². The smallest absolute Gasteiger partial charge is 0.254 e. The normalized spacial score (nSPS) is 16.9. The number of hydrogen-bond acceptors (Lipinski definition) is 6. The molecular formula is C16H25N7O. The molecule has 1 saturated heterocycles. The van der Waals surface area contributed by atoms with Crippen LogP contribution < -0.4 is 10.6 Å². The molecule has 8 heteroatoms. The Morgan fingerprint density at radius 2 is 2.00 bits per heavy atom. The maximum Gasteiger partial charge on any atom is 0.254 e. The molecule has 1 fully saturated rings. The average molecular weight is 331 g/mol. The fraction of sp³-hybridized carbons (Fsp3) is 0.625. The maximum atomic E-state index is 12.4. The van der Waals surface area contributed by atoms with Gasteiger partial charge in [-0.1, -0.05) is 13.8 Å². The van der Waals surface area contributed by atoms with Gasteiger partial charge in [-0.3, -0.25) is 4.79 Å². The van der Waals surface area contributed by atoms with Crippen LogP contribution in [0.25, 0.3) is 5.78 Å². The minimum atomic E-state index is -0.401. The predicted molar refractivity (Wildman–Crippen MR) is 91.7 cm³/mol. The molecule has 0 aromatic carbocycles. The molecule has 8 nitrogen and oxygen atoms in total. The number of rotatable bonds is 4. The number of carbonyl (C=O) groups excluding carboxylic acids is 1. The number of aryl methyl sites for hydroxylation is 1. The molecule has 3 rings (SSSR count). The number of nitrogens with two attached hydrogens (primary N) is 1. The number of piperazine rings is 1. The number of carbonyl (C=O) groups is 1. The number of anilines is 1. The summed E-state index contributed by atoms with van der Waals surface area (Å²) in [6.07, 6.45) is 2.23. The van der Waals surface area contributed by atoms with Crippen LogP contribution >= 0.6 is 0 Å². The van der Waals surface area contributed by atoms with E-state index in [1.807, 2.05) is 17.9 Å². The molecule has 24 heavy (non-hydrogen) atoms. The molecule has 1 atom stereocenters. The van der Waals surface area contributed by atoms with Crippen molar-refractivity contribution in [1.29, 1.82) is 0 Å². The van der Waals surface area contributed by atoms with Crippen molar-refractivity contribution in [1.82, 2.24) is 24.5 Å². The van der Waals surface area contributed by atoms with Crippen molar-refractivity contribution in [2.75, 3.05) is 31.1 Å². The van der Waals surface area contributed by atoms with Crippen molar-refractivity contribution >= 4 is 17.5 Å². The van der Waals surface area contributed by atoms with E-state index in [1.54, 1.807) is 4.52 Å². The predicted octanol–water partition coefficient (Wildman–Crippen LogP) is 0.455. The van der Waals surface area contributed by atoms with Crippen LogP contribution in [0.3, 0.4) is 0 Å². The van der Waals surface area contributed by atoms with Crippen LogP contribution in [0, 0.1) is 12.8 Å². The first-order valence-corrected chi connectivity index (χ1v) is 8.42. The highest BCUT2D eigenvalue weighted by Gasteiger charge is 2.26. The monoisotopic (exact) mass is 331 g/mol. The highest BCUT2D eigenvalue weighted by atomic mass is 16.2. The van der Waals surface area contributed by atoms with Gasteiger partial charge in [-0.2, -0.15) is 14.6 Å². The highest BCUT2D eigenvalue weighted by molar-refractivity contribution is 5.81. The van der Waals surface area contributed by atoms with Gasteiger partial charge in [-0.25, -0.2) is 4.98 Å². The van der Waals surface area contributed by atoms with Crippen molar-refractivity contribution in [2.24, 2.45) is 11.7 Å². The van der Waals surface area contributed by atoms with Gasteiger partial charge in [0.15, 0.2) is 0 Å². The van der Waals surface area contributed by atoms with Crippen LogP contribution in [-0.2, 0) is 4.79 Å². The Hall–Kier alpha value is -2.22. The first kappa shape index (κ1) is 16.6. The third kappa shape index (κ3) is 3.33. The second-order valence-corrected chi connectivity index (χ2v) is 6.78. The summed E-state index contributed by atoms with van der Waals surface area (Å²) >= 11 is 0. The minimum absolute atomic E-state index is 0.0557. The summed E-state index contributed by atoms with van der Waals surface area (Å²) in [4.78, 5) is 25.1. The molecule has 0 spiro atoms. The van der Waals surface area contributed by atoms with Crippen molar-refractivity contribution < 1.29 is 4.79 Å². The summed E-state index contributed by atoms with van der Waals surface area (Å²) in [6, 6.07) is 1.60. The molecule has 1 amide bonds. The molecule has 1 aliphatic rings. The lowest BCUT2D eigenvalue weighted by molar-refractivity contribution is -0.133. The standard InChI is InChI=1S/C16H25N7O/c1-11(2)8-13(17)15(24)22-6-4-21(5-7-22)14-9-12(3)20-16-18-10-19-23(14)16/h9-11,13H,4-8,17H2,1-3H3/t13-/m0/s1. The van der Waals surface area contributed by atoms with Gasteiger partial charge in [0.05, 0.1) is 6.04 Å². The fourth-order valence-electron chi connectivity index (χ4n) is 3.14. The van der Waals surface area contributed by atoms with Gasteiger partial charge in [-0.05, 0) is 19.3 Å². The van der Waals surface area contributed by atoms with Crippen LogP contribution in [0.15, 0.2) is 12.4 Å².